The van der Waals surface area contributed by atoms with E-state index in [-0.39, 0.29) is 22.5 Å². The SMILES string of the molecule is COc1ccc(OC)c(CNC(=O)c2cc(Cl)c(OC)c(Cl)c2)c1. The first-order valence-corrected chi connectivity index (χ1v) is 7.77. The molecule has 0 bridgehead atoms. The molecule has 0 aromatic heterocycles. The van der Waals surface area contributed by atoms with Crippen LogP contribution >= 0.6 is 23.2 Å². The molecule has 5 nitrogen and oxygen atoms in total. The van der Waals surface area contributed by atoms with Crippen molar-refractivity contribution in [2.24, 2.45) is 0 Å². The Kier molecular flexibility index (Phi) is 6.17. The Bertz CT molecular complexity index is 726. The van der Waals surface area contributed by atoms with Gasteiger partial charge in [0.2, 0.25) is 0 Å². The largest absolute Gasteiger partial charge is 0.497 e. The average Bonchev–Trinajstić information content (AvgIpc) is 2.58. The molecule has 0 heterocycles. The molecule has 0 saturated carbocycles. The van der Waals surface area contributed by atoms with Crippen LogP contribution in [0.4, 0.5) is 0 Å². The van der Waals surface area contributed by atoms with E-state index in [9.17, 15) is 4.79 Å². The Morgan fingerprint density at radius 2 is 1.67 bits per heavy atom. The molecule has 128 valence electrons. The number of benzene rings is 2. The van der Waals surface area contributed by atoms with Crippen LogP contribution in [0.2, 0.25) is 10.0 Å². The molecule has 7 heteroatoms. The van der Waals surface area contributed by atoms with Gasteiger partial charge in [-0.15, -0.1) is 0 Å². The van der Waals surface area contributed by atoms with Crippen LogP contribution in [-0.4, -0.2) is 27.2 Å². The molecular formula is C17H17Cl2NO4. The minimum atomic E-state index is -0.314. The molecule has 0 aliphatic carbocycles. The molecule has 0 unspecified atom stereocenters. The number of rotatable bonds is 6. The van der Waals surface area contributed by atoms with E-state index in [1.54, 1.807) is 32.4 Å². The highest BCUT2D eigenvalue weighted by atomic mass is 35.5. The summed E-state index contributed by atoms with van der Waals surface area (Å²) < 4.78 is 15.5. The number of carbonyl (C=O) groups is 1. The van der Waals surface area contributed by atoms with Gasteiger partial charge in [0.15, 0.2) is 5.75 Å². The summed E-state index contributed by atoms with van der Waals surface area (Å²) in [5.74, 6) is 1.35. The fourth-order valence-corrected chi connectivity index (χ4v) is 2.82. The molecule has 0 fully saturated rings. The van der Waals surface area contributed by atoms with Crippen molar-refractivity contribution in [3.63, 3.8) is 0 Å². The van der Waals surface area contributed by atoms with Crippen LogP contribution in [-0.2, 0) is 6.54 Å². The second-order valence-corrected chi connectivity index (χ2v) is 5.65. The fourth-order valence-electron chi connectivity index (χ4n) is 2.18. The topological polar surface area (TPSA) is 56.8 Å². The monoisotopic (exact) mass is 369 g/mol. The van der Waals surface area contributed by atoms with E-state index in [4.69, 9.17) is 37.4 Å². The van der Waals surface area contributed by atoms with Crippen LogP contribution in [0.5, 0.6) is 17.2 Å². The van der Waals surface area contributed by atoms with Crippen LogP contribution in [0.3, 0.4) is 0 Å². The van der Waals surface area contributed by atoms with Gasteiger partial charge in [-0.05, 0) is 30.3 Å². The number of hydrogen-bond acceptors (Lipinski definition) is 4. The lowest BCUT2D eigenvalue weighted by atomic mass is 10.1. The Morgan fingerprint density at radius 3 is 2.21 bits per heavy atom. The van der Waals surface area contributed by atoms with Crippen LogP contribution in [0.25, 0.3) is 0 Å². The smallest absolute Gasteiger partial charge is 0.251 e. The lowest BCUT2D eigenvalue weighted by Gasteiger charge is -2.12. The van der Waals surface area contributed by atoms with Crippen molar-refractivity contribution in [1.29, 1.82) is 0 Å². The number of halogens is 2. The highest BCUT2D eigenvalue weighted by Crippen LogP contribution is 2.33. The van der Waals surface area contributed by atoms with E-state index < -0.39 is 0 Å². The molecule has 0 aliphatic rings. The second-order valence-electron chi connectivity index (χ2n) is 4.83. The highest BCUT2D eigenvalue weighted by Gasteiger charge is 2.14. The van der Waals surface area contributed by atoms with Gasteiger partial charge in [-0.25, -0.2) is 0 Å². The van der Waals surface area contributed by atoms with Crippen molar-refractivity contribution >= 4 is 29.1 Å². The molecule has 2 aromatic rings. The van der Waals surface area contributed by atoms with Crippen molar-refractivity contribution in [1.82, 2.24) is 5.32 Å². The van der Waals surface area contributed by atoms with Gasteiger partial charge in [0, 0.05) is 17.7 Å². The van der Waals surface area contributed by atoms with Crippen molar-refractivity contribution in [2.75, 3.05) is 21.3 Å². The first kappa shape index (κ1) is 18.2. The number of methoxy groups -OCH3 is 3. The zero-order chi connectivity index (χ0) is 17.7. The molecule has 0 radical (unpaired) electrons. The first-order valence-electron chi connectivity index (χ1n) is 7.02. The number of nitrogens with one attached hydrogen (secondary N) is 1. The van der Waals surface area contributed by atoms with E-state index in [0.29, 0.717) is 22.8 Å². The Balaban J connectivity index is 2.16. The lowest BCUT2D eigenvalue weighted by Crippen LogP contribution is -2.23. The minimum absolute atomic E-state index is 0.264. The number of ether oxygens (including phenoxy) is 3. The van der Waals surface area contributed by atoms with Crippen molar-refractivity contribution in [2.45, 2.75) is 6.54 Å². The molecule has 0 atom stereocenters. The van der Waals surface area contributed by atoms with Crippen molar-refractivity contribution < 1.29 is 19.0 Å². The van der Waals surface area contributed by atoms with Crippen molar-refractivity contribution in [3.8, 4) is 17.2 Å². The summed E-state index contributed by atoms with van der Waals surface area (Å²) in [6.45, 7) is 0.264. The quantitative estimate of drug-likeness (QED) is 0.837. The molecule has 0 saturated heterocycles. The van der Waals surface area contributed by atoms with Crippen LogP contribution in [0.1, 0.15) is 15.9 Å². The predicted molar refractivity (Wildman–Crippen MR) is 93.7 cm³/mol. The van der Waals surface area contributed by atoms with E-state index >= 15 is 0 Å². The molecule has 2 aromatic carbocycles. The molecule has 0 aliphatic heterocycles. The Labute approximate surface area is 150 Å². The highest BCUT2D eigenvalue weighted by molar-refractivity contribution is 6.37. The molecular weight excluding hydrogens is 353 g/mol. The normalized spacial score (nSPS) is 10.2. The Hall–Kier alpha value is -2.11. The third-order valence-corrected chi connectivity index (χ3v) is 3.95. The van der Waals surface area contributed by atoms with Gasteiger partial charge in [0.25, 0.3) is 5.91 Å². The number of hydrogen-bond donors (Lipinski definition) is 1. The first-order chi connectivity index (χ1) is 11.5. The van der Waals surface area contributed by atoms with Crippen LogP contribution < -0.4 is 19.5 Å². The second kappa shape index (κ2) is 8.13. The van der Waals surface area contributed by atoms with Crippen LogP contribution in [0, 0.1) is 0 Å². The van der Waals surface area contributed by atoms with Gasteiger partial charge in [0.1, 0.15) is 11.5 Å². The maximum absolute atomic E-state index is 12.3. The summed E-state index contributed by atoms with van der Waals surface area (Å²) in [5.41, 5.74) is 1.13. The van der Waals surface area contributed by atoms with Gasteiger partial charge in [-0.3, -0.25) is 4.79 Å². The fraction of sp³-hybridized carbons (Fsp3) is 0.235. The summed E-state index contributed by atoms with van der Waals surface area (Å²) in [6, 6.07) is 8.37. The van der Waals surface area contributed by atoms with Gasteiger partial charge >= 0.3 is 0 Å². The van der Waals surface area contributed by atoms with E-state index in [1.165, 1.54) is 19.2 Å². The summed E-state index contributed by atoms with van der Waals surface area (Å²) in [4.78, 5) is 12.3. The van der Waals surface area contributed by atoms with Gasteiger partial charge in [0.05, 0.1) is 31.4 Å². The zero-order valence-corrected chi connectivity index (χ0v) is 15.0. The zero-order valence-electron chi connectivity index (χ0n) is 13.5. The van der Waals surface area contributed by atoms with Crippen LogP contribution in [0.15, 0.2) is 30.3 Å². The van der Waals surface area contributed by atoms with E-state index in [0.717, 1.165) is 5.56 Å². The standard InChI is InChI=1S/C17H17Cl2NO4/c1-22-12-4-5-15(23-2)11(6-12)9-20-17(21)10-7-13(18)16(24-3)14(19)8-10/h4-8H,9H2,1-3H3,(H,20,21). The third kappa shape index (κ3) is 4.04. The maximum Gasteiger partial charge on any atom is 0.251 e. The summed E-state index contributed by atoms with van der Waals surface area (Å²) in [5, 5.41) is 3.35. The summed E-state index contributed by atoms with van der Waals surface area (Å²) in [7, 11) is 4.60. The average molecular weight is 370 g/mol. The van der Waals surface area contributed by atoms with Gasteiger partial charge in [-0.2, -0.15) is 0 Å². The molecule has 24 heavy (non-hydrogen) atoms. The summed E-state index contributed by atoms with van der Waals surface area (Å²) >= 11 is 12.1. The predicted octanol–water partition coefficient (Wildman–Crippen LogP) is 3.95. The molecule has 0 spiro atoms. The number of carbonyl (C=O) groups excluding carboxylic acids is 1. The van der Waals surface area contributed by atoms with E-state index in [2.05, 4.69) is 5.32 Å². The lowest BCUT2D eigenvalue weighted by molar-refractivity contribution is 0.0950. The molecule has 1 N–H and O–H groups in total. The minimum Gasteiger partial charge on any atom is -0.497 e. The number of amides is 1. The van der Waals surface area contributed by atoms with Gasteiger partial charge < -0.3 is 19.5 Å². The molecule has 1 amide bonds. The van der Waals surface area contributed by atoms with Crippen molar-refractivity contribution in [3.05, 3.63) is 51.5 Å². The van der Waals surface area contributed by atoms with E-state index in [1.807, 2.05) is 0 Å². The van der Waals surface area contributed by atoms with Gasteiger partial charge in [-0.1, -0.05) is 23.2 Å². The summed E-state index contributed by atoms with van der Waals surface area (Å²) in [6.07, 6.45) is 0. The Morgan fingerprint density at radius 1 is 1.00 bits per heavy atom. The molecule has 2 rings (SSSR count). The maximum atomic E-state index is 12.3. The third-order valence-electron chi connectivity index (χ3n) is 3.39.